The molecule has 3 amide bonds. The summed E-state index contributed by atoms with van der Waals surface area (Å²) in [5, 5.41) is 8.39. The number of hydrogen-bond acceptors (Lipinski definition) is 3. The molecule has 3 rings (SSSR count). The van der Waals surface area contributed by atoms with Gasteiger partial charge in [-0.2, -0.15) is 0 Å². The van der Waals surface area contributed by atoms with Gasteiger partial charge in [0.15, 0.2) is 0 Å². The molecule has 0 fully saturated rings. The van der Waals surface area contributed by atoms with Gasteiger partial charge in [-0.15, -0.1) is 11.8 Å². The van der Waals surface area contributed by atoms with Crippen LogP contribution in [0.5, 0.6) is 0 Å². The Kier molecular flexibility index (Phi) is 4.29. The molecule has 0 atom stereocenters. The van der Waals surface area contributed by atoms with Crippen molar-refractivity contribution in [1.29, 1.82) is 0 Å². The maximum Gasteiger partial charge on any atom is 0.319 e. The second-order valence-electron chi connectivity index (χ2n) is 4.84. The summed E-state index contributed by atoms with van der Waals surface area (Å²) in [6.07, 6.45) is 0. The SMILES string of the molecule is O=C1CSc2ccc(CNC(=O)Nc3ccccc3)cc2N1. The second-order valence-corrected chi connectivity index (χ2v) is 5.86. The van der Waals surface area contributed by atoms with Crippen molar-refractivity contribution in [2.75, 3.05) is 16.4 Å². The zero-order valence-corrected chi connectivity index (χ0v) is 12.6. The van der Waals surface area contributed by atoms with Crippen LogP contribution in [0.25, 0.3) is 0 Å². The minimum absolute atomic E-state index is 0.00410. The Balaban J connectivity index is 1.58. The molecule has 1 heterocycles. The summed E-state index contributed by atoms with van der Waals surface area (Å²) >= 11 is 1.52. The normalized spacial score (nSPS) is 13.0. The topological polar surface area (TPSA) is 70.2 Å². The van der Waals surface area contributed by atoms with Crippen LogP contribution < -0.4 is 16.0 Å². The predicted octanol–water partition coefficient (Wildman–Crippen LogP) is 3.05. The lowest BCUT2D eigenvalue weighted by molar-refractivity contribution is -0.113. The van der Waals surface area contributed by atoms with Crippen molar-refractivity contribution >= 4 is 35.1 Å². The molecule has 0 radical (unpaired) electrons. The summed E-state index contributed by atoms with van der Waals surface area (Å²) in [4.78, 5) is 24.3. The first-order chi connectivity index (χ1) is 10.7. The molecule has 0 spiro atoms. The molecule has 2 aromatic carbocycles. The predicted molar refractivity (Wildman–Crippen MR) is 88.1 cm³/mol. The molecule has 0 aromatic heterocycles. The van der Waals surface area contributed by atoms with E-state index in [1.807, 2.05) is 48.5 Å². The molecule has 3 N–H and O–H groups in total. The number of thioether (sulfide) groups is 1. The van der Waals surface area contributed by atoms with E-state index in [4.69, 9.17) is 0 Å². The fourth-order valence-electron chi connectivity index (χ4n) is 2.12. The van der Waals surface area contributed by atoms with E-state index in [0.29, 0.717) is 12.3 Å². The molecule has 0 unspecified atom stereocenters. The molecule has 112 valence electrons. The lowest BCUT2D eigenvalue weighted by atomic mass is 10.2. The van der Waals surface area contributed by atoms with E-state index in [0.717, 1.165) is 21.8 Å². The highest BCUT2D eigenvalue weighted by molar-refractivity contribution is 8.00. The summed E-state index contributed by atoms with van der Waals surface area (Å²) in [5.74, 6) is 0.453. The number of rotatable bonds is 3. The third-order valence-electron chi connectivity index (χ3n) is 3.16. The number of anilines is 2. The van der Waals surface area contributed by atoms with Crippen molar-refractivity contribution in [3.63, 3.8) is 0 Å². The number of carbonyl (C=O) groups excluding carboxylic acids is 2. The Bertz CT molecular complexity index is 704. The molecule has 0 bridgehead atoms. The highest BCUT2D eigenvalue weighted by Crippen LogP contribution is 2.31. The standard InChI is InChI=1S/C16H15N3O2S/c20-15-10-22-14-7-6-11(8-13(14)19-15)9-17-16(21)18-12-4-2-1-3-5-12/h1-8H,9-10H2,(H,19,20)(H2,17,18,21). The van der Waals surface area contributed by atoms with E-state index >= 15 is 0 Å². The van der Waals surface area contributed by atoms with Gasteiger partial charge in [0.2, 0.25) is 5.91 Å². The smallest absolute Gasteiger partial charge is 0.319 e. The highest BCUT2D eigenvalue weighted by atomic mass is 32.2. The maximum absolute atomic E-state index is 11.8. The molecule has 22 heavy (non-hydrogen) atoms. The molecule has 0 aliphatic carbocycles. The van der Waals surface area contributed by atoms with Gasteiger partial charge in [-0.05, 0) is 29.8 Å². The van der Waals surface area contributed by atoms with Crippen molar-refractivity contribution < 1.29 is 9.59 Å². The fraction of sp³-hybridized carbons (Fsp3) is 0.125. The summed E-state index contributed by atoms with van der Waals surface area (Å²) in [6.45, 7) is 0.395. The first kappa shape index (κ1) is 14.5. The van der Waals surface area contributed by atoms with E-state index < -0.39 is 0 Å². The number of benzene rings is 2. The van der Waals surface area contributed by atoms with Gasteiger partial charge in [0.1, 0.15) is 0 Å². The number of urea groups is 1. The van der Waals surface area contributed by atoms with Gasteiger partial charge in [-0.3, -0.25) is 4.79 Å². The Hall–Kier alpha value is -2.47. The zero-order chi connectivity index (χ0) is 15.4. The van der Waals surface area contributed by atoms with E-state index in [2.05, 4.69) is 16.0 Å². The minimum atomic E-state index is -0.262. The second kappa shape index (κ2) is 6.53. The van der Waals surface area contributed by atoms with Gasteiger partial charge in [0.25, 0.3) is 0 Å². The molecule has 2 aromatic rings. The first-order valence-electron chi connectivity index (χ1n) is 6.86. The van der Waals surface area contributed by atoms with Gasteiger partial charge in [-0.25, -0.2) is 4.79 Å². The Morgan fingerprint density at radius 3 is 2.82 bits per heavy atom. The summed E-state index contributed by atoms with van der Waals surface area (Å²) in [5.41, 5.74) is 2.49. The van der Waals surface area contributed by atoms with Gasteiger partial charge in [0, 0.05) is 17.1 Å². The van der Waals surface area contributed by atoms with Gasteiger partial charge >= 0.3 is 6.03 Å². The van der Waals surface area contributed by atoms with E-state index in [1.54, 1.807) is 0 Å². The third-order valence-corrected chi connectivity index (χ3v) is 4.24. The number of nitrogens with one attached hydrogen (secondary N) is 3. The molecule has 0 saturated carbocycles. The number of amides is 3. The van der Waals surface area contributed by atoms with Crippen molar-refractivity contribution in [2.24, 2.45) is 0 Å². The van der Waals surface area contributed by atoms with Crippen LogP contribution in [-0.4, -0.2) is 17.7 Å². The molecule has 6 heteroatoms. The average molecular weight is 313 g/mol. The van der Waals surface area contributed by atoms with Gasteiger partial charge in [0.05, 0.1) is 11.4 Å². The molecule has 1 aliphatic heterocycles. The van der Waals surface area contributed by atoms with Crippen molar-refractivity contribution in [3.05, 3.63) is 54.1 Å². The largest absolute Gasteiger partial charge is 0.334 e. The van der Waals surface area contributed by atoms with Crippen LogP contribution in [0.3, 0.4) is 0 Å². The van der Waals surface area contributed by atoms with E-state index in [9.17, 15) is 9.59 Å². The summed E-state index contributed by atoms with van der Waals surface area (Å²) in [6, 6.07) is 14.8. The molecular weight excluding hydrogens is 298 g/mol. The lowest BCUT2D eigenvalue weighted by Gasteiger charge is -2.17. The van der Waals surface area contributed by atoms with E-state index in [1.165, 1.54) is 11.8 Å². The van der Waals surface area contributed by atoms with Crippen LogP contribution in [0, 0.1) is 0 Å². The van der Waals surface area contributed by atoms with Crippen LogP contribution >= 0.6 is 11.8 Å². The van der Waals surface area contributed by atoms with Crippen LogP contribution in [0.4, 0.5) is 16.2 Å². The number of hydrogen-bond donors (Lipinski definition) is 3. The Morgan fingerprint density at radius 2 is 2.00 bits per heavy atom. The van der Waals surface area contributed by atoms with Crippen molar-refractivity contribution in [2.45, 2.75) is 11.4 Å². The van der Waals surface area contributed by atoms with Gasteiger partial charge in [-0.1, -0.05) is 24.3 Å². The van der Waals surface area contributed by atoms with E-state index in [-0.39, 0.29) is 11.9 Å². The highest BCUT2D eigenvalue weighted by Gasteiger charge is 2.15. The number of carbonyl (C=O) groups is 2. The number of para-hydroxylation sites is 1. The summed E-state index contributed by atoms with van der Waals surface area (Å²) < 4.78 is 0. The van der Waals surface area contributed by atoms with Crippen molar-refractivity contribution in [3.8, 4) is 0 Å². The maximum atomic E-state index is 11.8. The molecule has 1 aliphatic rings. The molecule has 0 saturated heterocycles. The average Bonchev–Trinajstić information content (AvgIpc) is 2.53. The quantitative estimate of drug-likeness (QED) is 0.815. The van der Waals surface area contributed by atoms with Crippen LogP contribution in [0.15, 0.2) is 53.4 Å². The third kappa shape index (κ3) is 3.59. The Morgan fingerprint density at radius 1 is 1.18 bits per heavy atom. The van der Waals surface area contributed by atoms with Crippen LogP contribution in [-0.2, 0) is 11.3 Å². The zero-order valence-electron chi connectivity index (χ0n) is 11.8. The summed E-state index contributed by atoms with van der Waals surface area (Å²) in [7, 11) is 0. The van der Waals surface area contributed by atoms with Gasteiger partial charge < -0.3 is 16.0 Å². The van der Waals surface area contributed by atoms with Crippen LogP contribution in [0.1, 0.15) is 5.56 Å². The Labute approximate surface area is 132 Å². The molecule has 5 nitrogen and oxygen atoms in total. The van der Waals surface area contributed by atoms with Crippen molar-refractivity contribution in [1.82, 2.24) is 5.32 Å². The monoisotopic (exact) mass is 313 g/mol. The lowest BCUT2D eigenvalue weighted by Crippen LogP contribution is -2.28. The molecular formula is C16H15N3O2S. The fourth-order valence-corrected chi connectivity index (χ4v) is 2.91. The minimum Gasteiger partial charge on any atom is -0.334 e. The first-order valence-corrected chi connectivity index (χ1v) is 7.85. The number of fused-ring (bicyclic) bond motifs is 1. The van der Waals surface area contributed by atoms with Crippen LogP contribution in [0.2, 0.25) is 0 Å².